The first kappa shape index (κ1) is 15.4. The van der Waals surface area contributed by atoms with E-state index in [1.165, 1.54) is 17.2 Å². The number of nitro groups is 1. The summed E-state index contributed by atoms with van der Waals surface area (Å²) < 4.78 is 0. The largest absolute Gasteiger partial charge is 0.293 e. The van der Waals surface area contributed by atoms with Gasteiger partial charge in [0, 0.05) is 24.1 Å². The maximum atomic E-state index is 13.0. The SMILES string of the molecule is O=C(c1cccnc1)N(c1ccccc1)c1ccccc1[N+](=O)[O-]. The molecule has 0 aliphatic carbocycles. The molecule has 1 aromatic heterocycles. The molecular weight excluding hydrogens is 306 g/mol. The number of carbonyl (C=O) groups excluding carboxylic acids is 1. The van der Waals surface area contributed by atoms with Crippen LogP contribution in [-0.4, -0.2) is 15.8 Å². The zero-order valence-electron chi connectivity index (χ0n) is 12.6. The molecule has 0 radical (unpaired) electrons. The second-order valence-corrected chi connectivity index (χ2v) is 4.96. The Bertz CT molecular complexity index is 867. The molecule has 118 valence electrons. The van der Waals surface area contributed by atoms with Gasteiger partial charge in [0.15, 0.2) is 0 Å². The van der Waals surface area contributed by atoms with Gasteiger partial charge in [-0.1, -0.05) is 30.3 Å². The number of anilines is 2. The van der Waals surface area contributed by atoms with Gasteiger partial charge in [0.2, 0.25) is 0 Å². The molecule has 3 rings (SSSR count). The summed E-state index contributed by atoms with van der Waals surface area (Å²) in [6.07, 6.45) is 3.00. The third-order valence-corrected chi connectivity index (χ3v) is 3.45. The van der Waals surface area contributed by atoms with Crippen LogP contribution in [0.1, 0.15) is 10.4 Å². The molecule has 0 N–H and O–H groups in total. The number of aromatic nitrogens is 1. The number of nitro benzene ring substituents is 1. The molecule has 1 heterocycles. The van der Waals surface area contributed by atoms with E-state index in [0.717, 1.165) is 0 Å². The number of rotatable bonds is 4. The Morgan fingerprint density at radius 1 is 0.958 bits per heavy atom. The lowest BCUT2D eigenvalue weighted by molar-refractivity contribution is -0.384. The standard InChI is InChI=1S/C18H13N3O3/c22-18(14-7-6-12-19-13-14)20(15-8-2-1-3-9-15)16-10-4-5-11-17(16)21(23)24/h1-13H. The summed E-state index contributed by atoms with van der Waals surface area (Å²) in [6.45, 7) is 0. The van der Waals surface area contributed by atoms with E-state index < -0.39 is 4.92 Å². The van der Waals surface area contributed by atoms with Crippen molar-refractivity contribution in [1.29, 1.82) is 0 Å². The third-order valence-electron chi connectivity index (χ3n) is 3.45. The van der Waals surface area contributed by atoms with Crippen molar-refractivity contribution in [3.63, 3.8) is 0 Å². The first-order valence-corrected chi connectivity index (χ1v) is 7.21. The molecule has 1 amide bonds. The van der Waals surface area contributed by atoms with Gasteiger partial charge in [0.05, 0.1) is 10.5 Å². The van der Waals surface area contributed by atoms with Crippen LogP contribution in [0.4, 0.5) is 17.1 Å². The van der Waals surface area contributed by atoms with Crippen LogP contribution in [0.5, 0.6) is 0 Å². The van der Waals surface area contributed by atoms with Crippen LogP contribution < -0.4 is 4.90 Å². The highest BCUT2D eigenvalue weighted by molar-refractivity contribution is 6.11. The number of pyridine rings is 1. The summed E-state index contributed by atoms with van der Waals surface area (Å²) in [5, 5.41) is 11.4. The van der Waals surface area contributed by atoms with Crippen molar-refractivity contribution in [1.82, 2.24) is 4.98 Å². The number of carbonyl (C=O) groups is 1. The summed E-state index contributed by atoms with van der Waals surface area (Å²) in [7, 11) is 0. The molecule has 0 atom stereocenters. The number of amides is 1. The fourth-order valence-corrected chi connectivity index (χ4v) is 2.37. The summed E-state index contributed by atoms with van der Waals surface area (Å²) in [5.74, 6) is -0.386. The monoisotopic (exact) mass is 319 g/mol. The highest BCUT2D eigenvalue weighted by atomic mass is 16.6. The zero-order chi connectivity index (χ0) is 16.9. The van der Waals surface area contributed by atoms with Crippen LogP contribution in [0.3, 0.4) is 0 Å². The van der Waals surface area contributed by atoms with Crippen molar-refractivity contribution in [2.75, 3.05) is 4.90 Å². The average Bonchev–Trinajstić information content (AvgIpc) is 2.64. The highest BCUT2D eigenvalue weighted by Crippen LogP contribution is 2.34. The minimum atomic E-state index is -0.498. The van der Waals surface area contributed by atoms with Gasteiger partial charge in [0.25, 0.3) is 11.6 Å². The maximum Gasteiger partial charge on any atom is 0.293 e. The van der Waals surface area contributed by atoms with Gasteiger partial charge < -0.3 is 0 Å². The number of para-hydroxylation sites is 3. The Hall–Kier alpha value is -3.54. The Morgan fingerprint density at radius 2 is 1.67 bits per heavy atom. The second kappa shape index (κ2) is 6.70. The van der Waals surface area contributed by atoms with Crippen molar-refractivity contribution < 1.29 is 9.72 Å². The Kier molecular flexibility index (Phi) is 4.29. The van der Waals surface area contributed by atoms with Gasteiger partial charge in [-0.05, 0) is 30.3 Å². The van der Waals surface area contributed by atoms with Gasteiger partial charge in [-0.2, -0.15) is 0 Å². The van der Waals surface area contributed by atoms with E-state index in [9.17, 15) is 14.9 Å². The van der Waals surface area contributed by atoms with E-state index in [4.69, 9.17) is 0 Å². The molecule has 0 saturated carbocycles. The minimum absolute atomic E-state index is 0.140. The molecule has 0 bridgehead atoms. The minimum Gasteiger partial charge on any atom is -0.270 e. The van der Waals surface area contributed by atoms with Crippen LogP contribution in [0.15, 0.2) is 79.1 Å². The predicted octanol–water partition coefficient (Wildman–Crippen LogP) is 3.97. The van der Waals surface area contributed by atoms with Crippen LogP contribution in [0, 0.1) is 10.1 Å². The normalized spacial score (nSPS) is 10.2. The van der Waals surface area contributed by atoms with Crippen LogP contribution in [0.25, 0.3) is 0 Å². The van der Waals surface area contributed by atoms with Crippen molar-refractivity contribution >= 4 is 23.0 Å². The summed E-state index contributed by atoms with van der Waals surface area (Å²) in [6, 6.07) is 18.2. The second-order valence-electron chi connectivity index (χ2n) is 4.96. The van der Waals surface area contributed by atoms with Crippen molar-refractivity contribution in [3.8, 4) is 0 Å². The van der Waals surface area contributed by atoms with Gasteiger partial charge in [-0.25, -0.2) is 0 Å². The molecular formula is C18H13N3O3. The molecule has 6 nitrogen and oxygen atoms in total. The fraction of sp³-hybridized carbons (Fsp3) is 0. The first-order valence-electron chi connectivity index (χ1n) is 7.21. The predicted molar refractivity (Wildman–Crippen MR) is 90.2 cm³/mol. The van der Waals surface area contributed by atoms with Gasteiger partial charge in [-0.15, -0.1) is 0 Å². The molecule has 0 unspecified atom stereocenters. The number of hydrogen-bond acceptors (Lipinski definition) is 4. The summed E-state index contributed by atoms with van der Waals surface area (Å²) >= 11 is 0. The first-order chi connectivity index (χ1) is 11.7. The number of hydrogen-bond donors (Lipinski definition) is 0. The van der Waals surface area contributed by atoms with Crippen molar-refractivity contribution in [2.45, 2.75) is 0 Å². The maximum absolute atomic E-state index is 13.0. The van der Waals surface area contributed by atoms with Crippen LogP contribution >= 0.6 is 0 Å². The van der Waals surface area contributed by atoms with Crippen molar-refractivity contribution in [2.24, 2.45) is 0 Å². The Morgan fingerprint density at radius 3 is 2.33 bits per heavy atom. The molecule has 0 saturated heterocycles. The molecule has 2 aromatic carbocycles. The molecule has 0 fully saturated rings. The van der Waals surface area contributed by atoms with Crippen LogP contribution in [0.2, 0.25) is 0 Å². The Labute approximate surface area is 138 Å². The van der Waals surface area contributed by atoms with E-state index >= 15 is 0 Å². The highest BCUT2D eigenvalue weighted by Gasteiger charge is 2.26. The number of nitrogens with zero attached hydrogens (tertiary/aromatic N) is 3. The molecule has 6 heteroatoms. The number of benzene rings is 2. The average molecular weight is 319 g/mol. The lowest BCUT2D eigenvalue weighted by Gasteiger charge is -2.22. The molecule has 24 heavy (non-hydrogen) atoms. The zero-order valence-corrected chi connectivity index (χ0v) is 12.6. The van der Waals surface area contributed by atoms with E-state index in [0.29, 0.717) is 11.3 Å². The topological polar surface area (TPSA) is 76.3 Å². The lowest BCUT2D eigenvalue weighted by Crippen LogP contribution is -2.26. The molecule has 0 spiro atoms. The molecule has 0 aliphatic rings. The lowest BCUT2D eigenvalue weighted by atomic mass is 10.1. The summed E-state index contributed by atoms with van der Waals surface area (Å²) in [5.41, 5.74) is 0.960. The quantitative estimate of drug-likeness (QED) is 0.538. The van der Waals surface area contributed by atoms with E-state index in [1.54, 1.807) is 60.8 Å². The van der Waals surface area contributed by atoms with E-state index in [1.807, 2.05) is 6.07 Å². The summed E-state index contributed by atoms with van der Waals surface area (Å²) in [4.78, 5) is 29.1. The van der Waals surface area contributed by atoms with Gasteiger partial charge in [0.1, 0.15) is 5.69 Å². The van der Waals surface area contributed by atoms with Gasteiger partial charge in [-0.3, -0.25) is 24.8 Å². The van der Waals surface area contributed by atoms with Gasteiger partial charge >= 0.3 is 0 Å². The fourth-order valence-electron chi connectivity index (χ4n) is 2.37. The molecule has 3 aromatic rings. The van der Waals surface area contributed by atoms with Crippen LogP contribution in [-0.2, 0) is 0 Å². The van der Waals surface area contributed by atoms with E-state index in [-0.39, 0.29) is 17.3 Å². The molecule has 0 aliphatic heterocycles. The third kappa shape index (κ3) is 2.98. The Balaban J connectivity index is 2.18. The van der Waals surface area contributed by atoms with Crippen molar-refractivity contribution in [3.05, 3.63) is 94.8 Å². The van der Waals surface area contributed by atoms with E-state index in [2.05, 4.69) is 4.98 Å². The smallest absolute Gasteiger partial charge is 0.270 e.